The van der Waals surface area contributed by atoms with Gasteiger partial charge >= 0.3 is 0 Å². The summed E-state index contributed by atoms with van der Waals surface area (Å²) in [5.41, 5.74) is 2.95. The highest BCUT2D eigenvalue weighted by atomic mass is 16.5. The van der Waals surface area contributed by atoms with E-state index in [1.807, 2.05) is 40.1 Å². The fourth-order valence-electron chi connectivity index (χ4n) is 5.50. The summed E-state index contributed by atoms with van der Waals surface area (Å²) in [6.07, 6.45) is 1.77. The van der Waals surface area contributed by atoms with Crippen LogP contribution < -0.4 is 9.47 Å². The lowest BCUT2D eigenvalue weighted by molar-refractivity contribution is -0.133. The summed E-state index contributed by atoms with van der Waals surface area (Å²) in [6, 6.07) is 11.1. The number of hydrogen-bond donors (Lipinski definition) is 1. The van der Waals surface area contributed by atoms with E-state index in [0.717, 1.165) is 42.8 Å². The number of likely N-dealkylation sites (tertiary alicyclic amines) is 2. The second-order valence-electron chi connectivity index (χ2n) is 11.1. The number of ether oxygens (including phenoxy) is 2. The maximum atomic E-state index is 13.2. The van der Waals surface area contributed by atoms with Crippen LogP contribution in [0.3, 0.4) is 0 Å². The molecule has 0 radical (unpaired) electrons. The molecular weight excluding hydrogens is 470 g/mol. The summed E-state index contributed by atoms with van der Waals surface area (Å²) in [5, 5.41) is 10.7. The van der Waals surface area contributed by atoms with E-state index in [-0.39, 0.29) is 23.8 Å². The van der Waals surface area contributed by atoms with Crippen LogP contribution in [0, 0.1) is 11.8 Å². The first-order valence-electron chi connectivity index (χ1n) is 12.9. The van der Waals surface area contributed by atoms with Gasteiger partial charge in [-0.05, 0) is 66.5 Å². The van der Waals surface area contributed by atoms with Crippen molar-refractivity contribution >= 4 is 22.8 Å². The van der Waals surface area contributed by atoms with Gasteiger partial charge in [-0.25, -0.2) is 0 Å². The van der Waals surface area contributed by atoms with Crippen molar-refractivity contribution < 1.29 is 19.1 Å². The predicted molar refractivity (Wildman–Crippen MR) is 140 cm³/mol. The van der Waals surface area contributed by atoms with Crippen molar-refractivity contribution in [1.82, 2.24) is 25.2 Å². The highest BCUT2D eigenvalue weighted by molar-refractivity contribution is 5.97. The van der Waals surface area contributed by atoms with E-state index in [1.165, 1.54) is 0 Å². The highest BCUT2D eigenvalue weighted by Crippen LogP contribution is 2.35. The predicted octanol–water partition coefficient (Wildman–Crippen LogP) is 3.65. The molecule has 0 aliphatic carbocycles. The highest BCUT2D eigenvalue weighted by Gasteiger charge is 2.38. The molecule has 1 aromatic heterocycles. The van der Waals surface area contributed by atoms with Gasteiger partial charge in [0.1, 0.15) is 22.5 Å². The van der Waals surface area contributed by atoms with Crippen molar-refractivity contribution in [3.8, 4) is 11.5 Å². The Bertz CT molecular complexity index is 1280. The second-order valence-corrected chi connectivity index (χ2v) is 11.1. The van der Waals surface area contributed by atoms with Gasteiger partial charge in [0, 0.05) is 37.3 Å². The van der Waals surface area contributed by atoms with Gasteiger partial charge in [-0.2, -0.15) is 15.4 Å². The fraction of sp³-hybridized carbons (Fsp3) is 0.500. The standard InChI is InChI=1S/C28H35N5O4/c1-28(2,3)22-14-21(36-4)6-8-25(22)37-17-26(34)32-11-9-19-15-33(16-20(19)10-12-32)27(35)18-5-7-23-24(13-18)30-31-29-23/h5-8,13-14,19-20H,9-12,15-17H2,1-4H3,(H,29,30,31)/t19-,20+. The molecule has 196 valence electrons. The number of H-pyrrole nitrogens is 1. The molecule has 2 amide bonds. The van der Waals surface area contributed by atoms with Crippen LogP contribution in [0.4, 0.5) is 0 Å². The van der Waals surface area contributed by atoms with Gasteiger partial charge in [-0.15, -0.1) is 0 Å². The molecule has 2 saturated heterocycles. The van der Waals surface area contributed by atoms with Crippen LogP contribution in [0.5, 0.6) is 11.5 Å². The Kier molecular flexibility index (Phi) is 6.79. The SMILES string of the molecule is COc1ccc(OCC(=O)N2CC[C@@H]3CN(C(=O)c4ccc5n[nH]nc5c4)C[C@@H]3CC2)c(C(C)(C)C)c1. The summed E-state index contributed by atoms with van der Waals surface area (Å²) in [4.78, 5) is 30.1. The summed E-state index contributed by atoms with van der Waals surface area (Å²) in [5.74, 6) is 2.32. The van der Waals surface area contributed by atoms with Crippen LogP contribution in [0.2, 0.25) is 0 Å². The fourth-order valence-corrected chi connectivity index (χ4v) is 5.50. The van der Waals surface area contributed by atoms with Crippen molar-refractivity contribution in [3.63, 3.8) is 0 Å². The number of benzene rings is 2. The molecule has 2 aromatic carbocycles. The minimum Gasteiger partial charge on any atom is -0.497 e. The Morgan fingerprint density at radius 1 is 0.973 bits per heavy atom. The number of carbonyl (C=O) groups excluding carboxylic acids is 2. The van der Waals surface area contributed by atoms with E-state index in [9.17, 15) is 9.59 Å². The number of fused-ring (bicyclic) bond motifs is 2. The van der Waals surface area contributed by atoms with Gasteiger partial charge in [-0.1, -0.05) is 20.8 Å². The van der Waals surface area contributed by atoms with Gasteiger partial charge in [0.25, 0.3) is 11.8 Å². The molecule has 2 atom stereocenters. The van der Waals surface area contributed by atoms with Crippen LogP contribution in [0.25, 0.3) is 11.0 Å². The minimum atomic E-state index is -0.142. The number of nitrogens with one attached hydrogen (secondary N) is 1. The zero-order valence-corrected chi connectivity index (χ0v) is 22.0. The Labute approximate surface area is 217 Å². The molecule has 2 aliphatic heterocycles. The minimum absolute atomic E-state index is 0.00416. The third-order valence-corrected chi connectivity index (χ3v) is 7.67. The largest absolute Gasteiger partial charge is 0.497 e. The van der Waals surface area contributed by atoms with Gasteiger partial charge in [-0.3, -0.25) is 9.59 Å². The van der Waals surface area contributed by atoms with Crippen molar-refractivity contribution in [2.45, 2.75) is 39.0 Å². The van der Waals surface area contributed by atoms with Crippen LogP contribution in [0.15, 0.2) is 36.4 Å². The molecule has 0 spiro atoms. The summed E-state index contributed by atoms with van der Waals surface area (Å²) in [6.45, 7) is 9.18. The number of rotatable bonds is 5. The topological polar surface area (TPSA) is 101 Å². The molecular formula is C28H35N5O4. The summed E-state index contributed by atoms with van der Waals surface area (Å²) in [7, 11) is 1.65. The van der Waals surface area contributed by atoms with E-state index in [4.69, 9.17) is 9.47 Å². The quantitative estimate of drug-likeness (QED) is 0.568. The summed E-state index contributed by atoms with van der Waals surface area (Å²) >= 11 is 0. The van der Waals surface area contributed by atoms with Crippen LogP contribution in [-0.2, 0) is 10.2 Å². The Morgan fingerprint density at radius 2 is 1.68 bits per heavy atom. The van der Waals surface area contributed by atoms with Gasteiger partial charge < -0.3 is 19.3 Å². The van der Waals surface area contributed by atoms with Crippen LogP contribution >= 0.6 is 0 Å². The number of amides is 2. The monoisotopic (exact) mass is 505 g/mol. The first kappa shape index (κ1) is 25.0. The molecule has 2 fully saturated rings. The van der Waals surface area contributed by atoms with E-state index >= 15 is 0 Å². The zero-order valence-electron chi connectivity index (χ0n) is 22.0. The third kappa shape index (κ3) is 5.26. The Hall–Kier alpha value is -3.62. The molecule has 2 aliphatic rings. The lowest BCUT2D eigenvalue weighted by atomic mass is 9.86. The number of carbonyl (C=O) groups is 2. The molecule has 0 bridgehead atoms. The summed E-state index contributed by atoms with van der Waals surface area (Å²) < 4.78 is 11.4. The zero-order chi connectivity index (χ0) is 26.2. The molecule has 0 saturated carbocycles. The molecule has 9 nitrogen and oxygen atoms in total. The lowest BCUT2D eigenvalue weighted by Gasteiger charge is -2.25. The number of methoxy groups -OCH3 is 1. The Morgan fingerprint density at radius 3 is 2.35 bits per heavy atom. The first-order valence-corrected chi connectivity index (χ1v) is 12.9. The van der Waals surface area contributed by atoms with E-state index in [0.29, 0.717) is 41.8 Å². The first-order chi connectivity index (χ1) is 17.7. The Balaban J connectivity index is 1.17. The molecule has 37 heavy (non-hydrogen) atoms. The van der Waals surface area contributed by atoms with Crippen LogP contribution in [-0.4, -0.2) is 76.9 Å². The van der Waals surface area contributed by atoms with E-state index < -0.39 is 0 Å². The second kappa shape index (κ2) is 10.0. The maximum absolute atomic E-state index is 13.2. The average Bonchev–Trinajstić information content (AvgIpc) is 3.48. The lowest BCUT2D eigenvalue weighted by Crippen LogP contribution is -2.37. The number of aromatic amines is 1. The van der Waals surface area contributed by atoms with Gasteiger partial charge in [0.15, 0.2) is 6.61 Å². The van der Waals surface area contributed by atoms with Crippen molar-refractivity contribution in [2.24, 2.45) is 11.8 Å². The molecule has 5 rings (SSSR count). The van der Waals surface area contributed by atoms with Crippen molar-refractivity contribution in [3.05, 3.63) is 47.5 Å². The number of nitrogens with zero attached hydrogens (tertiary/aromatic N) is 4. The normalized spacial score (nSPS) is 20.0. The van der Waals surface area contributed by atoms with Crippen molar-refractivity contribution in [1.29, 1.82) is 0 Å². The molecule has 1 N–H and O–H groups in total. The molecule has 3 heterocycles. The maximum Gasteiger partial charge on any atom is 0.260 e. The smallest absolute Gasteiger partial charge is 0.260 e. The van der Waals surface area contributed by atoms with Crippen LogP contribution in [0.1, 0.15) is 49.5 Å². The van der Waals surface area contributed by atoms with E-state index in [2.05, 4.69) is 36.2 Å². The molecule has 9 heteroatoms. The average molecular weight is 506 g/mol. The molecule has 0 unspecified atom stereocenters. The van der Waals surface area contributed by atoms with Gasteiger partial charge in [0.2, 0.25) is 0 Å². The van der Waals surface area contributed by atoms with Crippen molar-refractivity contribution in [2.75, 3.05) is 39.9 Å². The van der Waals surface area contributed by atoms with Gasteiger partial charge in [0.05, 0.1) is 7.11 Å². The van der Waals surface area contributed by atoms with E-state index in [1.54, 1.807) is 13.2 Å². The number of aromatic nitrogens is 3. The number of hydrogen-bond acceptors (Lipinski definition) is 6. The molecule has 3 aromatic rings. The third-order valence-electron chi connectivity index (χ3n) is 7.67.